The molecule has 3 N–H and O–H groups in total. The fourth-order valence-corrected chi connectivity index (χ4v) is 3.24. The topological polar surface area (TPSA) is 70.2 Å². The first-order valence-electron chi connectivity index (χ1n) is 8.81. The Morgan fingerprint density at radius 3 is 2.38 bits per heavy atom. The molecule has 0 heterocycles. The fourth-order valence-electron chi connectivity index (χ4n) is 3.04. The number of anilines is 1. The number of hydrogen-bond donors (Lipinski definition) is 3. The van der Waals surface area contributed by atoms with Gasteiger partial charge in [0.2, 0.25) is 0 Å². The van der Waals surface area contributed by atoms with E-state index in [2.05, 4.69) is 16.0 Å². The van der Waals surface area contributed by atoms with Crippen LogP contribution in [0.2, 0.25) is 5.02 Å². The maximum absolute atomic E-state index is 12.2. The molecule has 5 nitrogen and oxygen atoms in total. The van der Waals surface area contributed by atoms with E-state index in [0.717, 1.165) is 18.4 Å². The fraction of sp³-hybridized carbons (Fsp3) is 0.300. The summed E-state index contributed by atoms with van der Waals surface area (Å²) in [6.45, 7) is 0.341. The molecule has 0 saturated heterocycles. The second-order valence-corrected chi connectivity index (χ2v) is 6.84. The maximum Gasteiger partial charge on any atom is 0.319 e. The molecule has 1 saturated carbocycles. The Labute approximate surface area is 158 Å². The van der Waals surface area contributed by atoms with E-state index in [1.807, 2.05) is 18.2 Å². The molecule has 0 unspecified atom stereocenters. The molecule has 136 valence electrons. The molecule has 1 aliphatic rings. The molecule has 0 aliphatic heterocycles. The van der Waals surface area contributed by atoms with E-state index in [1.54, 1.807) is 30.3 Å². The highest BCUT2D eigenvalue weighted by molar-refractivity contribution is 6.31. The Morgan fingerprint density at radius 2 is 1.69 bits per heavy atom. The van der Waals surface area contributed by atoms with Crippen molar-refractivity contribution < 1.29 is 9.59 Å². The van der Waals surface area contributed by atoms with Crippen LogP contribution in [0.3, 0.4) is 0 Å². The van der Waals surface area contributed by atoms with E-state index < -0.39 is 0 Å². The second kappa shape index (κ2) is 8.72. The zero-order valence-electron chi connectivity index (χ0n) is 14.4. The Balaban J connectivity index is 1.49. The largest absolute Gasteiger partial charge is 0.349 e. The van der Waals surface area contributed by atoms with Gasteiger partial charge >= 0.3 is 6.03 Å². The third-order valence-corrected chi connectivity index (χ3v) is 4.86. The summed E-state index contributed by atoms with van der Waals surface area (Å²) in [5.41, 5.74) is 2.07. The highest BCUT2D eigenvalue weighted by atomic mass is 35.5. The van der Waals surface area contributed by atoms with Gasteiger partial charge in [0.15, 0.2) is 0 Å². The lowest BCUT2D eigenvalue weighted by atomic mass is 10.1. The summed E-state index contributed by atoms with van der Waals surface area (Å²) in [4.78, 5) is 24.2. The minimum absolute atomic E-state index is 0.0633. The summed E-state index contributed by atoms with van der Waals surface area (Å²) in [5.74, 6) is -0.0633. The Kier molecular flexibility index (Phi) is 6.12. The van der Waals surface area contributed by atoms with E-state index >= 15 is 0 Å². The molecule has 1 fully saturated rings. The Hall–Kier alpha value is -2.53. The first-order chi connectivity index (χ1) is 12.6. The van der Waals surface area contributed by atoms with Crippen LogP contribution in [0, 0.1) is 0 Å². The number of hydrogen-bond acceptors (Lipinski definition) is 2. The van der Waals surface area contributed by atoms with Gasteiger partial charge in [-0.05, 0) is 48.7 Å². The molecular weight excluding hydrogens is 350 g/mol. The van der Waals surface area contributed by atoms with E-state index in [-0.39, 0.29) is 18.0 Å². The highest BCUT2D eigenvalue weighted by Crippen LogP contribution is 2.18. The van der Waals surface area contributed by atoms with Crippen molar-refractivity contribution in [3.8, 4) is 0 Å². The molecule has 0 atom stereocenters. The van der Waals surface area contributed by atoms with Crippen LogP contribution < -0.4 is 16.0 Å². The molecular formula is C20H22ClN3O2. The molecule has 0 aromatic heterocycles. The monoisotopic (exact) mass is 371 g/mol. The minimum Gasteiger partial charge on any atom is -0.349 e. The van der Waals surface area contributed by atoms with Gasteiger partial charge in [0, 0.05) is 28.9 Å². The summed E-state index contributed by atoms with van der Waals surface area (Å²) >= 11 is 6.07. The quantitative estimate of drug-likeness (QED) is 0.731. The normalized spacial score (nSPS) is 14.0. The van der Waals surface area contributed by atoms with Crippen molar-refractivity contribution in [2.45, 2.75) is 38.3 Å². The number of nitrogens with one attached hydrogen (secondary N) is 3. The van der Waals surface area contributed by atoms with Gasteiger partial charge in [0.25, 0.3) is 5.91 Å². The zero-order valence-corrected chi connectivity index (χ0v) is 15.2. The lowest BCUT2D eigenvalue weighted by molar-refractivity contribution is 0.0938. The molecule has 2 aromatic carbocycles. The summed E-state index contributed by atoms with van der Waals surface area (Å²) in [6.07, 6.45) is 4.46. The molecule has 3 rings (SSSR count). The number of halogens is 1. The van der Waals surface area contributed by atoms with Crippen LogP contribution in [0.25, 0.3) is 0 Å². The first-order valence-corrected chi connectivity index (χ1v) is 9.19. The van der Waals surface area contributed by atoms with Crippen LogP contribution in [0.1, 0.15) is 41.6 Å². The van der Waals surface area contributed by atoms with Crippen molar-refractivity contribution in [2.75, 3.05) is 5.32 Å². The van der Waals surface area contributed by atoms with E-state index in [4.69, 9.17) is 11.6 Å². The first kappa shape index (κ1) is 18.3. The predicted molar refractivity (Wildman–Crippen MR) is 103 cm³/mol. The SMILES string of the molecule is O=C(NCc1ccccc1Cl)Nc1ccc(C(=O)NC2CCCC2)cc1. The predicted octanol–water partition coefficient (Wildman–Crippen LogP) is 4.33. The van der Waals surface area contributed by atoms with Crippen LogP contribution >= 0.6 is 11.6 Å². The van der Waals surface area contributed by atoms with Crippen molar-refractivity contribution in [2.24, 2.45) is 0 Å². The highest BCUT2D eigenvalue weighted by Gasteiger charge is 2.17. The van der Waals surface area contributed by atoms with Crippen molar-refractivity contribution in [3.63, 3.8) is 0 Å². The molecule has 3 amide bonds. The minimum atomic E-state index is -0.326. The molecule has 26 heavy (non-hydrogen) atoms. The van der Waals surface area contributed by atoms with Gasteiger partial charge < -0.3 is 16.0 Å². The van der Waals surface area contributed by atoms with E-state index in [0.29, 0.717) is 22.8 Å². The summed E-state index contributed by atoms with van der Waals surface area (Å²) in [5, 5.41) is 9.17. The number of amides is 3. The van der Waals surface area contributed by atoms with Crippen molar-refractivity contribution in [1.82, 2.24) is 10.6 Å². The average Bonchev–Trinajstić information content (AvgIpc) is 3.14. The summed E-state index contributed by atoms with van der Waals surface area (Å²) in [6, 6.07) is 14.2. The molecule has 6 heteroatoms. The number of carbonyl (C=O) groups excluding carboxylic acids is 2. The van der Waals surface area contributed by atoms with Crippen molar-refractivity contribution in [3.05, 3.63) is 64.7 Å². The molecule has 2 aromatic rings. The molecule has 1 aliphatic carbocycles. The van der Waals surface area contributed by atoms with Gasteiger partial charge in [0.1, 0.15) is 0 Å². The summed E-state index contributed by atoms with van der Waals surface area (Å²) in [7, 11) is 0. The third kappa shape index (κ3) is 4.99. The van der Waals surface area contributed by atoms with Gasteiger partial charge in [-0.25, -0.2) is 4.79 Å². The smallest absolute Gasteiger partial charge is 0.319 e. The van der Waals surface area contributed by atoms with Crippen LogP contribution in [0.5, 0.6) is 0 Å². The Morgan fingerprint density at radius 1 is 1.00 bits per heavy atom. The molecule has 0 radical (unpaired) electrons. The number of carbonyl (C=O) groups is 2. The van der Waals surface area contributed by atoms with Crippen molar-refractivity contribution in [1.29, 1.82) is 0 Å². The molecule has 0 spiro atoms. The van der Waals surface area contributed by atoms with Crippen molar-refractivity contribution >= 4 is 29.2 Å². The molecule has 0 bridgehead atoms. The van der Waals surface area contributed by atoms with E-state index in [9.17, 15) is 9.59 Å². The number of urea groups is 1. The lowest BCUT2D eigenvalue weighted by Gasteiger charge is -2.12. The third-order valence-electron chi connectivity index (χ3n) is 4.49. The van der Waals surface area contributed by atoms with Gasteiger partial charge in [-0.1, -0.05) is 42.6 Å². The zero-order chi connectivity index (χ0) is 18.4. The number of rotatable bonds is 5. The van der Waals surface area contributed by atoms with Crippen LogP contribution in [-0.4, -0.2) is 18.0 Å². The van der Waals surface area contributed by atoms with Gasteiger partial charge in [-0.2, -0.15) is 0 Å². The van der Waals surface area contributed by atoms with Crippen LogP contribution in [0.15, 0.2) is 48.5 Å². The van der Waals surface area contributed by atoms with E-state index in [1.165, 1.54) is 12.8 Å². The maximum atomic E-state index is 12.2. The number of benzene rings is 2. The Bertz CT molecular complexity index is 771. The van der Waals surface area contributed by atoms with Gasteiger partial charge in [-0.3, -0.25) is 4.79 Å². The van der Waals surface area contributed by atoms with Crippen LogP contribution in [0.4, 0.5) is 10.5 Å². The van der Waals surface area contributed by atoms with Crippen LogP contribution in [-0.2, 0) is 6.54 Å². The summed E-state index contributed by atoms with van der Waals surface area (Å²) < 4.78 is 0. The van der Waals surface area contributed by atoms with Gasteiger partial charge in [-0.15, -0.1) is 0 Å². The lowest BCUT2D eigenvalue weighted by Crippen LogP contribution is -2.32. The standard InChI is InChI=1S/C20H22ClN3O2/c21-18-8-4-1-5-15(18)13-22-20(26)24-17-11-9-14(10-12-17)19(25)23-16-6-2-3-7-16/h1,4-5,8-12,16H,2-3,6-7,13H2,(H,23,25)(H2,22,24,26). The second-order valence-electron chi connectivity index (χ2n) is 6.43. The van der Waals surface area contributed by atoms with Gasteiger partial charge in [0.05, 0.1) is 0 Å². The average molecular weight is 372 g/mol.